The van der Waals surface area contributed by atoms with Gasteiger partial charge >= 0.3 is 12.0 Å². The number of amides is 4. The summed E-state index contributed by atoms with van der Waals surface area (Å²) < 4.78 is 4.98. The summed E-state index contributed by atoms with van der Waals surface area (Å²) in [5.41, 5.74) is -0.0940. The summed E-state index contributed by atoms with van der Waals surface area (Å²) in [6, 6.07) is 5.54. The van der Waals surface area contributed by atoms with Gasteiger partial charge in [-0.1, -0.05) is 19.8 Å². The Kier molecular flexibility index (Phi) is 6.19. The van der Waals surface area contributed by atoms with Crippen molar-refractivity contribution in [2.24, 2.45) is 5.92 Å². The van der Waals surface area contributed by atoms with Crippen LogP contribution in [0.5, 0.6) is 0 Å². The number of Topliss-reactive ketones (excluding diaryl/α,β-unsaturated/α-hetero) is 1. The smallest absolute Gasteiger partial charge is 0.326 e. The van der Waals surface area contributed by atoms with Crippen LogP contribution in [0.4, 0.5) is 10.5 Å². The molecule has 1 aromatic carbocycles. The van der Waals surface area contributed by atoms with Crippen molar-refractivity contribution in [2.45, 2.75) is 45.1 Å². The number of imide groups is 1. The van der Waals surface area contributed by atoms with Crippen LogP contribution >= 0.6 is 0 Å². The number of ether oxygens (including phenoxy) is 1. The minimum absolute atomic E-state index is 0.00855. The lowest BCUT2D eigenvalue weighted by atomic mass is 9.73. The van der Waals surface area contributed by atoms with Crippen LogP contribution in [0.15, 0.2) is 24.3 Å². The van der Waals surface area contributed by atoms with Crippen molar-refractivity contribution >= 4 is 35.3 Å². The van der Waals surface area contributed by atoms with E-state index in [1.54, 1.807) is 12.1 Å². The molecule has 160 valence electrons. The van der Waals surface area contributed by atoms with E-state index in [1.165, 1.54) is 19.1 Å². The van der Waals surface area contributed by atoms with Crippen molar-refractivity contribution in [3.05, 3.63) is 29.8 Å². The maximum absolute atomic E-state index is 12.8. The molecule has 3 rings (SSSR count). The Morgan fingerprint density at radius 2 is 1.90 bits per heavy atom. The molecule has 2 atom stereocenters. The number of anilines is 1. The number of hydrogen-bond donors (Lipinski definition) is 2. The van der Waals surface area contributed by atoms with Crippen LogP contribution in [0.3, 0.4) is 0 Å². The van der Waals surface area contributed by atoms with Crippen molar-refractivity contribution in [2.75, 3.05) is 18.5 Å². The van der Waals surface area contributed by atoms with Gasteiger partial charge in [-0.2, -0.15) is 0 Å². The number of ketones is 1. The maximum atomic E-state index is 12.8. The Hall–Kier alpha value is -3.23. The topological polar surface area (TPSA) is 122 Å². The highest BCUT2D eigenvalue weighted by Gasteiger charge is 2.55. The fraction of sp³-hybridized carbons (Fsp3) is 0.476. The quantitative estimate of drug-likeness (QED) is 0.416. The average molecular weight is 415 g/mol. The molecular weight excluding hydrogens is 390 g/mol. The molecular formula is C21H25N3O6. The van der Waals surface area contributed by atoms with E-state index in [2.05, 4.69) is 10.6 Å². The van der Waals surface area contributed by atoms with Crippen LogP contribution in [-0.2, 0) is 19.1 Å². The van der Waals surface area contributed by atoms with Gasteiger partial charge in [0.2, 0.25) is 5.91 Å². The van der Waals surface area contributed by atoms with Crippen LogP contribution < -0.4 is 10.6 Å². The SMILES string of the molecule is CC(=O)Nc1ccc(C(=O)COC(=O)CN2C(=O)N[C@]3(CCCC[C@H]3C)C2=O)cc1. The predicted molar refractivity (Wildman–Crippen MR) is 107 cm³/mol. The fourth-order valence-electron chi connectivity index (χ4n) is 3.99. The van der Waals surface area contributed by atoms with E-state index in [1.807, 2.05) is 6.92 Å². The van der Waals surface area contributed by atoms with Gasteiger partial charge in [-0.3, -0.25) is 24.1 Å². The summed E-state index contributed by atoms with van der Waals surface area (Å²) in [7, 11) is 0. The van der Waals surface area contributed by atoms with Gasteiger partial charge in [-0.25, -0.2) is 4.79 Å². The summed E-state index contributed by atoms with van der Waals surface area (Å²) in [6.07, 6.45) is 3.22. The van der Waals surface area contributed by atoms with Gasteiger partial charge in [0.15, 0.2) is 12.4 Å². The Morgan fingerprint density at radius 1 is 1.20 bits per heavy atom. The van der Waals surface area contributed by atoms with E-state index in [-0.39, 0.29) is 11.8 Å². The van der Waals surface area contributed by atoms with Gasteiger partial charge in [-0.05, 0) is 43.0 Å². The van der Waals surface area contributed by atoms with Crippen molar-refractivity contribution < 1.29 is 28.7 Å². The van der Waals surface area contributed by atoms with Gasteiger partial charge in [0, 0.05) is 18.2 Å². The van der Waals surface area contributed by atoms with Gasteiger partial charge in [0.1, 0.15) is 12.1 Å². The molecule has 1 aliphatic carbocycles. The number of nitrogens with zero attached hydrogens (tertiary/aromatic N) is 1. The molecule has 1 aliphatic heterocycles. The number of nitrogens with one attached hydrogen (secondary N) is 2. The lowest BCUT2D eigenvalue weighted by Crippen LogP contribution is -2.54. The molecule has 0 bridgehead atoms. The molecule has 9 nitrogen and oxygen atoms in total. The molecule has 0 unspecified atom stereocenters. The minimum Gasteiger partial charge on any atom is -0.456 e. The third-order valence-corrected chi connectivity index (χ3v) is 5.68. The zero-order valence-corrected chi connectivity index (χ0v) is 17.0. The van der Waals surface area contributed by atoms with E-state index in [4.69, 9.17) is 4.74 Å². The molecule has 2 N–H and O–H groups in total. The van der Waals surface area contributed by atoms with Crippen LogP contribution in [0.2, 0.25) is 0 Å². The largest absolute Gasteiger partial charge is 0.456 e. The normalized spacial score (nSPS) is 23.3. The lowest BCUT2D eigenvalue weighted by Gasteiger charge is -2.36. The number of benzene rings is 1. The highest BCUT2D eigenvalue weighted by Crippen LogP contribution is 2.38. The molecule has 1 heterocycles. The zero-order chi connectivity index (χ0) is 21.9. The molecule has 1 aromatic rings. The summed E-state index contributed by atoms with van der Waals surface area (Å²) in [4.78, 5) is 61.4. The number of urea groups is 1. The fourth-order valence-corrected chi connectivity index (χ4v) is 3.99. The summed E-state index contributed by atoms with van der Waals surface area (Å²) in [5.74, 6) is -1.91. The van der Waals surface area contributed by atoms with Crippen molar-refractivity contribution in [3.8, 4) is 0 Å². The Morgan fingerprint density at radius 3 is 2.53 bits per heavy atom. The molecule has 1 spiro atoms. The average Bonchev–Trinajstić information content (AvgIpc) is 2.93. The van der Waals surface area contributed by atoms with Gasteiger partial charge < -0.3 is 15.4 Å². The lowest BCUT2D eigenvalue weighted by molar-refractivity contribution is -0.147. The highest BCUT2D eigenvalue weighted by atomic mass is 16.5. The molecule has 0 radical (unpaired) electrons. The van der Waals surface area contributed by atoms with E-state index in [0.29, 0.717) is 17.7 Å². The molecule has 1 saturated carbocycles. The van der Waals surface area contributed by atoms with Gasteiger partial charge in [0.05, 0.1) is 0 Å². The van der Waals surface area contributed by atoms with Crippen LogP contribution in [0.25, 0.3) is 0 Å². The molecule has 4 amide bonds. The molecule has 0 aromatic heterocycles. The zero-order valence-electron chi connectivity index (χ0n) is 17.0. The second-order valence-electron chi connectivity index (χ2n) is 7.78. The predicted octanol–water partition coefficient (Wildman–Crippen LogP) is 1.87. The summed E-state index contributed by atoms with van der Waals surface area (Å²) >= 11 is 0. The first-order valence-corrected chi connectivity index (χ1v) is 9.93. The molecule has 2 fully saturated rings. The van der Waals surface area contributed by atoms with Gasteiger partial charge in [0.25, 0.3) is 5.91 Å². The van der Waals surface area contributed by atoms with Gasteiger partial charge in [-0.15, -0.1) is 0 Å². The standard InChI is InChI=1S/C21H25N3O6/c1-13-5-3-4-10-21(13)19(28)24(20(29)23-21)11-18(27)30-12-17(26)15-6-8-16(9-7-15)22-14(2)25/h6-9,13H,3-5,10-12H2,1-2H3,(H,22,25)(H,23,29)/t13-,21+/m1/s1. The number of carbonyl (C=O) groups is 5. The third-order valence-electron chi connectivity index (χ3n) is 5.68. The second-order valence-corrected chi connectivity index (χ2v) is 7.78. The monoisotopic (exact) mass is 415 g/mol. The first-order chi connectivity index (χ1) is 14.2. The number of rotatable bonds is 6. The van der Waals surface area contributed by atoms with Crippen LogP contribution in [0, 0.1) is 5.92 Å². The first-order valence-electron chi connectivity index (χ1n) is 9.93. The molecule has 2 aliphatic rings. The third kappa shape index (κ3) is 4.34. The van der Waals surface area contributed by atoms with E-state index in [9.17, 15) is 24.0 Å². The number of hydrogen-bond acceptors (Lipinski definition) is 6. The van der Waals surface area contributed by atoms with E-state index >= 15 is 0 Å². The Labute approximate surface area is 174 Å². The van der Waals surface area contributed by atoms with Crippen molar-refractivity contribution in [1.29, 1.82) is 0 Å². The summed E-state index contributed by atoms with van der Waals surface area (Å²) in [5, 5.41) is 5.35. The highest BCUT2D eigenvalue weighted by molar-refractivity contribution is 6.09. The number of esters is 1. The van der Waals surface area contributed by atoms with E-state index < -0.39 is 42.4 Å². The molecule has 30 heavy (non-hydrogen) atoms. The van der Waals surface area contributed by atoms with Crippen LogP contribution in [0.1, 0.15) is 49.9 Å². The van der Waals surface area contributed by atoms with Crippen molar-refractivity contribution in [1.82, 2.24) is 10.2 Å². The first kappa shape index (κ1) is 21.5. The maximum Gasteiger partial charge on any atom is 0.326 e. The Balaban J connectivity index is 1.54. The van der Waals surface area contributed by atoms with E-state index in [0.717, 1.165) is 24.2 Å². The van der Waals surface area contributed by atoms with Crippen LogP contribution in [-0.4, -0.2) is 53.2 Å². The number of carbonyl (C=O) groups excluding carboxylic acids is 5. The Bertz CT molecular complexity index is 881. The minimum atomic E-state index is -0.943. The second kappa shape index (κ2) is 8.64. The summed E-state index contributed by atoms with van der Waals surface area (Å²) in [6.45, 7) is 2.26. The molecule has 1 saturated heterocycles. The van der Waals surface area contributed by atoms with Crippen molar-refractivity contribution in [3.63, 3.8) is 0 Å². The molecule has 9 heteroatoms.